The average Bonchev–Trinajstić information content (AvgIpc) is 2.48. The molecule has 21 heavy (non-hydrogen) atoms. The Bertz CT molecular complexity index is 592. The van der Waals surface area contributed by atoms with Gasteiger partial charge in [0, 0.05) is 23.7 Å². The Kier molecular flexibility index (Phi) is 5.99. The van der Waals surface area contributed by atoms with Crippen LogP contribution >= 0.6 is 11.6 Å². The van der Waals surface area contributed by atoms with Crippen molar-refractivity contribution in [3.05, 3.63) is 64.4 Å². The summed E-state index contributed by atoms with van der Waals surface area (Å²) in [6.45, 7) is 1.37. The number of nitrogens with one attached hydrogen (secondary N) is 1. The monoisotopic (exact) mass is 309 g/mol. The van der Waals surface area contributed by atoms with E-state index in [2.05, 4.69) is 5.32 Å². The molecule has 0 aliphatic rings. The Balaban J connectivity index is 1.94. The van der Waals surface area contributed by atoms with Crippen molar-refractivity contribution < 1.29 is 14.2 Å². The Morgan fingerprint density at radius 3 is 2.62 bits per heavy atom. The van der Waals surface area contributed by atoms with Crippen LogP contribution in [0, 0.1) is 5.82 Å². The van der Waals surface area contributed by atoms with E-state index in [1.54, 1.807) is 6.07 Å². The molecule has 0 fully saturated rings. The molecule has 2 rings (SSSR count). The number of benzene rings is 2. The van der Waals surface area contributed by atoms with Gasteiger partial charge in [-0.15, -0.1) is 0 Å². The lowest BCUT2D eigenvalue weighted by molar-refractivity contribution is 0.200. The van der Waals surface area contributed by atoms with Crippen LogP contribution in [0.3, 0.4) is 0 Å². The van der Waals surface area contributed by atoms with Gasteiger partial charge in [-0.05, 0) is 23.8 Å². The molecule has 2 aromatic carbocycles. The molecule has 0 saturated carbocycles. The highest BCUT2D eigenvalue weighted by Gasteiger charge is 2.04. The van der Waals surface area contributed by atoms with E-state index >= 15 is 0 Å². The van der Waals surface area contributed by atoms with Crippen LogP contribution < -0.4 is 10.1 Å². The minimum Gasteiger partial charge on any atom is -0.491 e. The fourth-order valence-corrected chi connectivity index (χ4v) is 2.18. The zero-order valence-corrected chi connectivity index (χ0v) is 12.2. The second-order valence-electron chi connectivity index (χ2n) is 4.52. The molecule has 0 spiro atoms. The van der Waals surface area contributed by atoms with Gasteiger partial charge in [0.1, 0.15) is 18.2 Å². The molecule has 0 atom stereocenters. The van der Waals surface area contributed by atoms with E-state index in [1.165, 1.54) is 12.1 Å². The van der Waals surface area contributed by atoms with Crippen molar-refractivity contribution in [3.63, 3.8) is 0 Å². The van der Waals surface area contributed by atoms with Crippen LogP contribution in [0.25, 0.3) is 0 Å². The molecule has 0 radical (unpaired) electrons. The molecular formula is C16H17ClFNO2. The number of aliphatic hydroxyl groups is 1. The van der Waals surface area contributed by atoms with Gasteiger partial charge in [-0.25, -0.2) is 4.39 Å². The Morgan fingerprint density at radius 2 is 1.86 bits per heavy atom. The van der Waals surface area contributed by atoms with Crippen LogP contribution in [0.1, 0.15) is 11.1 Å². The Hall–Kier alpha value is -1.62. The van der Waals surface area contributed by atoms with Gasteiger partial charge in [-0.3, -0.25) is 0 Å². The normalized spacial score (nSPS) is 10.6. The quantitative estimate of drug-likeness (QED) is 0.825. The molecule has 0 bridgehead atoms. The first-order chi connectivity index (χ1) is 10.2. The molecule has 0 amide bonds. The maximum atomic E-state index is 13.0. The van der Waals surface area contributed by atoms with Gasteiger partial charge < -0.3 is 15.2 Å². The first kappa shape index (κ1) is 15.8. The minimum atomic E-state index is -0.341. The smallest absolute Gasteiger partial charge is 0.124 e. The van der Waals surface area contributed by atoms with E-state index < -0.39 is 0 Å². The molecule has 0 heterocycles. The van der Waals surface area contributed by atoms with Crippen molar-refractivity contribution >= 4 is 11.6 Å². The average molecular weight is 310 g/mol. The summed E-state index contributed by atoms with van der Waals surface area (Å²) in [5.74, 6) is 0.399. The first-order valence-electron chi connectivity index (χ1n) is 6.67. The van der Waals surface area contributed by atoms with Crippen molar-refractivity contribution in [2.75, 3.05) is 13.2 Å². The number of halogens is 2. The first-order valence-corrected chi connectivity index (χ1v) is 7.04. The number of rotatable bonds is 7. The van der Waals surface area contributed by atoms with Crippen LogP contribution in [0.4, 0.5) is 4.39 Å². The zero-order valence-electron chi connectivity index (χ0n) is 11.5. The lowest BCUT2D eigenvalue weighted by atomic mass is 10.2. The Morgan fingerprint density at radius 1 is 1.10 bits per heavy atom. The summed E-state index contributed by atoms with van der Waals surface area (Å²) in [4.78, 5) is 0. The predicted octanol–water partition coefficient (Wildman–Crippen LogP) is 3.14. The molecule has 0 aromatic heterocycles. The molecule has 0 aliphatic carbocycles. The minimum absolute atomic E-state index is 0.0209. The van der Waals surface area contributed by atoms with E-state index in [0.717, 1.165) is 16.9 Å². The molecule has 0 aliphatic heterocycles. The van der Waals surface area contributed by atoms with Crippen molar-refractivity contribution in [2.45, 2.75) is 13.1 Å². The van der Waals surface area contributed by atoms with Crippen LogP contribution in [-0.2, 0) is 13.1 Å². The van der Waals surface area contributed by atoms with Gasteiger partial charge in [-0.2, -0.15) is 0 Å². The van der Waals surface area contributed by atoms with Gasteiger partial charge in [0.15, 0.2) is 0 Å². The predicted molar refractivity (Wildman–Crippen MR) is 81.0 cm³/mol. The van der Waals surface area contributed by atoms with Crippen LogP contribution in [-0.4, -0.2) is 18.3 Å². The topological polar surface area (TPSA) is 41.5 Å². The largest absolute Gasteiger partial charge is 0.491 e. The van der Waals surface area contributed by atoms with Crippen LogP contribution in [0.5, 0.6) is 5.75 Å². The van der Waals surface area contributed by atoms with Crippen molar-refractivity contribution in [1.29, 1.82) is 0 Å². The molecule has 112 valence electrons. The highest BCUT2D eigenvalue weighted by atomic mass is 35.5. The summed E-state index contributed by atoms with van der Waals surface area (Å²) >= 11 is 5.98. The fraction of sp³-hybridized carbons (Fsp3) is 0.250. The van der Waals surface area contributed by atoms with E-state index in [-0.39, 0.29) is 19.0 Å². The molecule has 2 aromatic rings. The molecule has 3 nitrogen and oxygen atoms in total. The van der Waals surface area contributed by atoms with E-state index in [1.807, 2.05) is 24.3 Å². The number of ether oxygens (including phenoxy) is 1. The van der Waals surface area contributed by atoms with Gasteiger partial charge in [0.05, 0.1) is 6.61 Å². The third-order valence-electron chi connectivity index (χ3n) is 2.97. The lowest BCUT2D eigenvalue weighted by Crippen LogP contribution is -2.14. The standard InChI is InChI=1S/C16H17ClFNO2/c17-15-9-14(18)6-5-12(15)10-19-11-13-3-1-2-4-16(13)21-8-7-20/h1-6,9,19-20H,7-8,10-11H2. The highest BCUT2D eigenvalue weighted by Crippen LogP contribution is 2.19. The summed E-state index contributed by atoms with van der Waals surface area (Å²) in [5.41, 5.74) is 1.83. The van der Waals surface area contributed by atoms with Crippen LogP contribution in [0.15, 0.2) is 42.5 Å². The summed E-state index contributed by atoms with van der Waals surface area (Å²) in [6, 6.07) is 12.0. The third kappa shape index (κ3) is 4.70. The van der Waals surface area contributed by atoms with Gasteiger partial charge in [0.25, 0.3) is 0 Å². The maximum Gasteiger partial charge on any atom is 0.124 e. The van der Waals surface area contributed by atoms with Gasteiger partial charge >= 0.3 is 0 Å². The number of hydrogen-bond donors (Lipinski definition) is 2. The van der Waals surface area contributed by atoms with E-state index in [4.69, 9.17) is 21.4 Å². The van der Waals surface area contributed by atoms with Gasteiger partial charge in [0.2, 0.25) is 0 Å². The summed E-state index contributed by atoms with van der Waals surface area (Å²) in [7, 11) is 0. The zero-order chi connectivity index (χ0) is 15.1. The van der Waals surface area contributed by atoms with Crippen molar-refractivity contribution in [1.82, 2.24) is 5.32 Å². The summed E-state index contributed by atoms with van der Waals surface area (Å²) < 4.78 is 18.4. The third-order valence-corrected chi connectivity index (χ3v) is 3.32. The van der Waals surface area contributed by atoms with E-state index in [9.17, 15) is 4.39 Å². The highest BCUT2D eigenvalue weighted by molar-refractivity contribution is 6.31. The molecule has 5 heteroatoms. The second kappa shape index (κ2) is 7.98. The van der Waals surface area contributed by atoms with Gasteiger partial charge in [-0.1, -0.05) is 35.9 Å². The SMILES string of the molecule is OCCOc1ccccc1CNCc1ccc(F)cc1Cl. The number of aliphatic hydroxyl groups excluding tert-OH is 1. The molecular weight excluding hydrogens is 293 g/mol. The van der Waals surface area contributed by atoms with Crippen molar-refractivity contribution in [2.24, 2.45) is 0 Å². The fourth-order valence-electron chi connectivity index (χ4n) is 1.94. The molecule has 0 unspecified atom stereocenters. The Labute approximate surface area is 128 Å². The lowest BCUT2D eigenvalue weighted by Gasteiger charge is -2.12. The second-order valence-corrected chi connectivity index (χ2v) is 4.93. The molecule has 2 N–H and O–H groups in total. The number of para-hydroxylation sites is 1. The van der Waals surface area contributed by atoms with E-state index in [0.29, 0.717) is 18.1 Å². The molecule has 0 saturated heterocycles. The number of hydrogen-bond acceptors (Lipinski definition) is 3. The maximum absolute atomic E-state index is 13.0. The summed E-state index contributed by atoms with van der Waals surface area (Å²) in [6.07, 6.45) is 0. The summed E-state index contributed by atoms with van der Waals surface area (Å²) in [5, 5.41) is 12.5. The van der Waals surface area contributed by atoms with Crippen LogP contribution in [0.2, 0.25) is 5.02 Å². The van der Waals surface area contributed by atoms with Crippen molar-refractivity contribution in [3.8, 4) is 5.75 Å².